The average Bonchev–Trinajstić information content (AvgIpc) is 2.68. The normalized spacial score (nSPS) is 9.53. The fourth-order valence-corrected chi connectivity index (χ4v) is 1.78. The predicted molar refractivity (Wildman–Crippen MR) is 59.0 cm³/mol. The molecule has 0 saturated heterocycles. The zero-order valence-electron chi connectivity index (χ0n) is 7.84. The van der Waals surface area contributed by atoms with Gasteiger partial charge in [0.15, 0.2) is 0 Å². The summed E-state index contributed by atoms with van der Waals surface area (Å²) in [5, 5.41) is 20.9. The Balaban J connectivity index is 2.09. The molecule has 0 aliphatic rings. The Kier molecular flexibility index (Phi) is 2.90. The fraction of sp³-hybridized carbons (Fsp3) is 0.100. The molecule has 15 heavy (non-hydrogen) atoms. The summed E-state index contributed by atoms with van der Waals surface area (Å²) in [6, 6.07) is 11.8. The molecule has 0 amide bonds. The monoisotopic (exact) mass is 216 g/mol. The quantitative estimate of drug-likeness (QED) is 0.855. The number of benzene rings is 1. The Morgan fingerprint density at radius 2 is 2.07 bits per heavy atom. The molecule has 0 atom stereocenters. The highest BCUT2D eigenvalue weighted by Crippen LogP contribution is 2.20. The van der Waals surface area contributed by atoms with Crippen molar-refractivity contribution in [2.75, 3.05) is 5.32 Å². The maximum Gasteiger partial charge on any atom is 0.210 e. The molecule has 1 N–H and O–H groups in total. The van der Waals surface area contributed by atoms with Gasteiger partial charge in [-0.25, -0.2) is 0 Å². The lowest BCUT2D eigenvalue weighted by molar-refractivity contribution is 1.02. The first-order valence-electron chi connectivity index (χ1n) is 4.40. The van der Waals surface area contributed by atoms with Crippen molar-refractivity contribution in [1.29, 1.82) is 5.26 Å². The van der Waals surface area contributed by atoms with Gasteiger partial charge in [-0.1, -0.05) is 29.5 Å². The highest BCUT2D eigenvalue weighted by molar-refractivity contribution is 7.15. The topological polar surface area (TPSA) is 61.6 Å². The lowest BCUT2D eigenvalue weighted by atomic mass is 10.3. The second kappa shape index (κ2) is 4.53. The van der Waals surface area contributed by atoms with Gasteiger partial charge in [0.2, 0.25) is 5.13 Å². The summed E-state index contributed by atoms with van der Waals surface area (Å²) < 4.78 is 0. The van der Waals surface area contributed by atoms with Crippen LogP contribution in [0, 0.1) is 11.3 Å². The molecule has 0 spiro atoms. The smallest absolute Gasteiger partial charge is 0.210 e. The van der Waals surface area contributed by atoms with Gasteiger partial charge in [0, 0.05) is 5.69 Å². The fourth-order valence-electron chi connectivity index (χ4n) is 1.09. The van der Waals surface area contributed by atoms with Gasteiger partial charge in [-0.15, -0.1) is 10.2 Å². The molecule has 0 radical (unpaired) electrons. The lowest BCUT2D eigenvalue weighted by Gasteiger charge is -1.99. The van der Waals surface area contributed by atoms with Crippen molar-refractivity contribution in [3.05, 3.63) is 35.3 Å². The molecule has 0 unspecified atom stereocenters. The summed E-state index contributed by atoms with van der Waals surface area (Å²) in [5.41, 5.74) is 0.970. The number of nitrogens with one attached hydrogen (secondary N) is 1. The van der Waals surface area contributed by atoms with Crippen LogP contribution < -0.4 is 5.32 Å². The van der Waals surface area contributed by atoms with E-state index < -0.39 is 0 Å². The molecule has 5 heteroatoms. The van der Waals surface area contributed by atoms with Gasteiger partial charge in [0.25, 0.3) is 0 Å². The number of aromatic nitrogens is 2. The van der Waals surface area contributed by atoms with Crippen molar-refractivity contribution < 1.29 is 0 Å². The van der Waals surface area contributed by atoms with Gasteiger partial charge in [-0.05, 0) is 12.1 Å². The minimum absolute atomic E-state index is 0.314. The Bertz CT molecular complexity index is 472. The standard InChI is InChI=1S/C10H8N4S/c11-7-6-9-13-14-10(15-9)12-8-4-2-1-3-5-8/h1-5H,6H2,(H,12,14). The SMILES string of the molecule is N#CCc1nnc(Nc2ccccc2)s1. The van der Waals surface area contributed by atoms with E-state index in [0.717, 1.165) is 10.7 Å². The number of para-hydroxylation sites is 1. The largest absolute Gasteiger partial charge is 0.330 e. The van der Waals surface area contributed by atoms with Crippen LogP contribution in [0.4, 0.5) is 10.8 Å². The molecule has 0 saturated carbocycles. The molecule has 0 fully saturated rings. The second-order valence-electron chi connectivity index (χ2n) is 2.83. The Hall–Kier alpha value is -1.93. The molecule has 1 aromatic heterocycles. The molecule has 4 nitrogen and oxygen atoms in total. The summed E-state index contributed by atoms with van der Waals surface area (Å²) in [6.45, 7) is 0. The number of hydrogen-bond acceptors (Lipinski definition) is 5. The van der Waals surface area contributed by atoms with E-state index in [9.17, 15) is 0 Å². The number of nitrogens with zero attached hydrogens (tertiary/aromatic N) is 3. The van der Waals surface area contributed by atoms with Crippen LogP contribution in [-0.4, -0.2) is 10.2 Å². The third kappa shape index (κ3) is 2.51. The van der Waals surface area contributed by atoms with E-state index in [2.05, 4.69) is 15.5 Å². The maximum absolute atomic E-state index is 8.49. The molecular weight excluding hydrogens is 208 g/mol. The first-order chi connectivity index (χ1) is 7.38. The minimum atomic E-state index is 0.314. The lowest BCUT2D eigenvalue weighted by Crippen LogP contribution is -1.87. The van der Waals surface area contributed by atoms with Gasteiger partial charge in [0.05, 0.1) is 12.5 Å². The van der Waals surface area contributed by atoms with Crippen molar-refractivity contribution in [2.24, 2.45) is 0 Å². The van der Waals surface area contributed by atoms with E-state index in [1.807, 2.05) is 36.4 Å². The predicted octanol–water partition coefficient (Wildman–Crippen LogP) is 2.35. The van der Waals surface area contributed by atoms with Crippen molar-refractivity contribution >= 4 is 22.2 Å². The van der Waals surface area contributed by atoms with Gasteiger partial charge in [-0.2, -0.15) is 5.26 Å². The second-order valence-corrected chi connectivity index (χ2v) is 3.89. The van der Waals surface area contributed by atoms with Gasteiger partial charge in [-0.3, -0.25) is 0 Å². The summed E-state index contributed by atoms with van der Waals surface area (Å²) in [4.78, 5) is 0. The first kappa shape index (κ1) is 9.62. The summed E-state index contributed by atoms with van der Waals surface area (Å²) >= 11 is 1.40. The van der Waals surface area contributed by atoms with Crippen LogP contribution >= 0.6 is 11.3 Å². The van der Waals surface area contributed by atoms with Crippen molar-refractivity contribution in [2.45, 2.75) is 6.42 Å². The number of anilines is 2. The molecule has 0 bridgehead atoms. The van der Waals surface area contributed by atoms with Crippen molar-refractivity contribution in [3.8, 4) is 6.07 Å². The highest BCUT2D eigenvalue weighted by atomic mass is 32.1. The molecule has 1 heterocycles. The minimum Gasteiger partial charge on any atom is -0.330 e. The van der Waals surface area contributed by atoms with Crippen molar-refractivity contribution in [3.63, 3.8) is 0 Å². The zero-order chi connectivity index (χ0) is 10.5. The van der Waals surface area contributed by atoms with E-state index in [-0.39, 0.29) is 0 Å². The van der Waals surface area contributed by atoms with Crippen LogP contribution in [0.2, 0.25) is 0 Å². The summed E-state index contributed by atoms with van der Waals surface area (Å²) in [7, 11) is 0. The average molecular weight is 216 g/mol. The van der Waals surface area contributed by atoms with Crippen LogP contribution in [-0.2, 0) is 6.42 Å². The van der Waals surface area contributed by atoms with E-state index >= 15 is 0 Å². The summed E-state index contributed by atoms with van der Waals surface area (Å²) in [5.74, 6) is 0. The first-order valence-corrected chi connectivity index (χ1v) is 5.21. The molecule has 1 aromatic carbocycles. The maximum atomic E-state index is 8.49. The molecule has 2 aromatic rings. The van der Waals surface area contributed by atoms with E-state index in [1.54, 1.807) is 0 Å². The Morgan fingerprint density at radius 3 is 2.80 bits per heavy atom. The zero-order valence-corrected chi connectivity index (χ0v) is 8.66. The molecule has 2 rings (SSSR count). The molecule has 74 valence electrons. The number of nitriles is 1. The molecular formula is C10H8N4S. The van der Waals surface area contributed by atoms with Crippen LogP contribution in [0.15, 0.2) is 30.3 Å². The van der Waals surface area contributed by atoms with Gasteiger partial charge < -0.3 is 5.32 Å². The van der Waals surface area contributed by atoms with Crippen molar-refractivity contribution in [1.82, 2.24) is 10.2 Å². The van der Waals surface area contributed by atoms with Crippen LogP contribution in [0.1, 0.15) is 5.01 Å². The molecule has 0 aliphatic carbocycles. The third-order valence-corrected chi connectivity index (χ3v) is 2.56. The number of rotatable bonds is 3. The van der Waals surface area contributed by atoms with Gasteiger partial charge >= 0.3 is 0 Å². The Morgan fingerprint density at radius 1 is 1.27 bits per heavy atom. The van der Waals surface area contributed by atoms with Crippen LogP contribution in [0.5, 0.6) is 0 Å². The third-order valence-electron chi connectivity index (χ3n) is 1.72. The van der Waals surface area contributed by atoms with E-state index in [4.69, 9.17) is 5.26 Å². The van der Waals surface area contributed by atoms with Gasteiger partial charge in [0.1, 0.15) is 5.01 Å². The van der Waals surface area contributed by atoms with Crippen LogP contribution in [0.25, 0.3) is 0 Å². The summed E-state index contributed by atoms with van der Waals surface area (Å²) in [6.07, 6.45) is 0.314. The Labute approximate surface area is 91.2 Å². The number of hydrogen-bond donors (Lipinski definition) is 1. The highest BCUT2D eigenvalue weighted by Gasteiger charge is 2.02. The van der Waals surface area contributed by atoms with E-state index in [1.165, 1.54) is 11.3 Å². The van der Waals surface area contributed by atoms with Crippen LogP contribution in [0.3, 0.4) is 0 Å². The molecule has 0 aliphatic heterocycles. The van der Waals surface area contributed by atoms with E-state index in [0.29, 0.717) is 11.6 Å².